The third kappa shape index (κ3) is 9.01. The summed E-state index contributed by atoms with van der Waals surface area (Å²) in [6.45, 7) is 4.39. The molecule has 1 aliphatic rings. The second-order valence-corrected chi connectivity index (χ2v) is 7.14. The van der Waals surface area contributed by atoms with Gasteiger partial charge >= 0.3 is 5.97 Å². The van der Waals surface area contributed by atoms with E-state index in [2.05, 4.69) is 15.6 Å². The molecule has 0 aromatic heterocycles. The van der Waals surface area contributed by atoms with E-state index in [4.69, 9.17) is 4.74 Å². The van der Waals surface area contributed by atoms with Crippen molar-refractivity contribution in [2.24, 2.45) is 4.99 Å². The van der Waals surface area contributed by atoms with Crippen LogP contribution in [-0.2, 0) is 9.53 Å². The average molecular weight is 538 g/mol. The molecule has 0 amide bonds. The monoisotopic (exact) mass is 538 g/mol. The Balaban J connectivity index is 0.00000450. The number of halogens is 3. The zero-order valence-corrected chi connectivity index (χ0v) is 20.1. The van der Waals surface area contributed by atoms with Crippen molar-refractivity contribution in [2.75, 3.05) is 38.2 Å². The number of rotatable bonds is 10. The average Bonchev–Trinajstić information content (AvgIpc) is 3.14. The third-order valence-corrected chi connectivity index (χ3v) is 4.91. The maximum absolute atomic E-state index is 14.0. The maximum Gasteiger partial charge on any atom is 0.305 e. The Labute approximate surface area is 194 Å². The van der Waals surface area contributed by atoms with Crippen LogP contribution >= 0.6 is 24.0 Å². The topological polar surface area (TPSA) is 66.0 Å². The molecule has 1 fully saturated rings. The molecule has 170 valence electrons. The predicted molar refractivity (Wildman–Crippen MR) is 127 cm³/mol. The van der Waals surface area contributed by atoms with Gasteiger partial charge in [0, 0.05) is 45.2 Å². The van der Waals surface area contributed by atoms with Gasteiger partial charge in [-0.05, 0) is 38.3 Å². The Kier molecular flexibility index (Phi) is 12.6. The minimum absolute atomic E-state index is 0. The molecule has 1 aromatic carbocycles. The number of nitrogens with zero attached hydrogens (tertiary/aromatic N) is 2. The zero-order chi connectivity index (χ0) is 21.1. The van der Waals surface area contributed by atoms with E-state index in [1.807, 2.05) is 11.8 Å². The molecular weight excluding hydrogens is 505 g/mol. The number of guanidine groups is 1. The Hall–Kier alpha value is -1.65. The molecule has 0 bridgehead atoms. The fraction of sp³-hybridized carbons (Fsp3) is 0.619. The highest BCUT2D eigenvalue weighted by Crippen LogP contribution is 2.24. The van der Waals surface area contributed by atoms with Crippen molar-refractivity contribution in [3.8, 4) is 0 Å². The van der Waals surface area contributed by atoms with E-state index < -0.39 is 11.6 Å². The summed E-state index contributed by atoms with van der Waals surface area (Å²) in [6, 6.07) is 3.84. The highest BCUT2D eigenvalue weighted by molar-refractivity contribution is 14.0. The van der Waals surface area contributed by atoms with Crippen molar-refractivity contribution in [1.82, 2.24) is 10.6 Å². The largest absolute Gasteiger partial charge is 0.466 e. The van der Waals surface area contributed by atoms with Gasteiger partial charge < -0.3 is 20.3 Å². The van der Waals surface area contributed by atoms with Crippen LogP contribution in [-0.4, -0.2) is 51.3 Å². The molecule has 0 radical (unpaired) electrons. The molecule has 1 heterocycles. The van der Waals surface area contributed by atoms with Crippen molar-refractivity contribution in [3.63, 3.8) is 0 Å². The van der Waals surface area contributed by atoms with Crippen LogP contribution in [0.4, 0.5) is 14.5 Å². The molecule has 30 heavy (non-hydrogen) atoms. The first-order valence-corrected chi connectivity index (χ1v) is 10.4. The van der Waals surface area contributed by atoms with E-state index in [1.54, 1.807) is 7.05 Å². The zero-order valence-electron chi connectivity index (χ0n) is 17.8. The number of nitrogens with one attached hydrogen (secondary N) is 2. The standard InChI is InChI=1S/C21H32F2N4O2.HI/c1-3-29-20(28)8-6-4-5-7-12-25-21(24-2)26-17-11-13-27(15-17)19-10-9-16(22)14-18(19)23;/h9-10,14,17H,3-8,11-13,15H2,1-2H3,(H2,24,25,26);1H. The summed E-state index contributed by atoms with van der Waals surface area (Å²) in [5.41, 5.74) is 0.432. The van der Waals surface area contributed by atoms with Crippen molar-refractivity contribution in [3.05, 3.63) is 29.8 Å². The number of esters is 1. The number of ether oxygens (including phenoxy) is 1. The lowest BCUT2D eigenvalue weighted by Crippen LogP contribution is -2.44. The first kappa shape index (κ1) is 26.4. The highest BCUT2D eigenvalue weighted by Gasteiger charge is 2.25. The van der Waals surface area contributed by atoms with Gasteiger partial charge in [-0.1, -0.05) is 12.8 Å². The Morgan fingerprint density at radius 3 is 2.73 bits per heavy atom. The van der Waals surface area contributed by atoms with Gasteiger partial charge in [-0.25, -0.2) is 8.78 Å². The number of carbonyl (C=O) groups excluding carboxylic acids is 1. The van der Waals surface area contributed by atoms with Crippen LogP contribution in [0, 0.1) is 11.6 Å². The number of hydrogen-bond donors (Lipinski definition) is 2. The van der Waals surface area contributed by atoms with Crippen LogP contribution in [0.15, 0.2) is 23.2 Å². The van der Waals surface area contributed by atoms with Crippen LogP contribution in [0.3, 0.4) is 0 Å². The second kappa shape index (κ2) is 14.4. The fourth-order valence-electron chi connectivity index (χ4n) is 3.41. The van der Waals surface area contributed by atoms with Crippen LogP contribution < -0.4 is 15.5 Å². The smallest absolute Gasteiger partial charge is 0.305 e. The van der Waals surface area contributed by atoms with Crippen molar-refractivity contribution in [2.45, 2.75) is 51.5 Å². The van der Waals surface area contributed by atoms with E-state index in [1.165, 1.54) is 12.1 Å². The Morgan fingerprint density at radius 1 is 1.27 bits per heavy atom. The van der Waals surface area contributed by atoms with Gasteiger partial charge in [0.2, 0.25) is 0 Å². The number of hydrogen-bond acceptors (Lipinski definition) is 4. The van der Waals surface area contributed by atoms with Gasteiger partial charge in [0.05, 0.1) is 12.3 Å². The molecule has 2 rings (SSSR count). The summed E-state index contributed by atoms with van der Waals surface area (Å²) in [4.78, 5) is 17.4. The molecule has 1 aromatic rings. The lowest BCUT2D eigenvalue weighted by molar-refractivity contribution is -0.143. The molecule has 1 unspecified atom stereocenters. The molecule has 1 saturated heterocycles. The molecule has 0 spiro atoms. The molecule has 1 atom stereocenters. The molecule has 0 saturated carbocycles. The third-order valence-electron chi connectivity index (χ3n) is 4.91. The predicted octanol–water partition coefficient (Wildman–Crippen LogP) is 3.84. The molecular formula is C21H33F2IN4O2. The number of anilines is 1. The van der Waals surface area contributed by atoms with E-state index in [0.29, 0.717) is 31.8 Å². The normalized spacial score (nSPS) is 16.2. The summed E-state index contributed by atoms with van der Waals surface area (Å²) >= 11 is 0. The van der Waals surface area contributed by atoms with Gasteiger partial charge in [-0.2, -0.15) is 0 Å². The van der Waals surface area contributed by atoms with Gasteiger partial charge in [0.1, 0.15) is 11.6 Å². The van der Waals surface area contributed by atoms with Crippen LogP contribution in [0.25, 0.3) is 0 Å². The maximum atomic E-state index is 14.0. The van der Waals surface area contributed by atoms with Crippen LogP contribution in [0.5, 0.6) is 0 Å². The minimum Gasteiger partial charge on any atom is -0.466 e. The van der Waals surface area contributed by atoms with E-state index in [9.17, 15) is 13.6 Å². The van der Waals surface area contributed by atoms with Crippen molar-refractivity contribution in [1.29, 1.82) is 0 Å². The number of benzene rings is 1. The number of unbranched alkanes of at least 4 members (excludes halogenated alkanes) is 3. The van der Waals surface area contributed by atoms with Gasteiger partial charge in [-0.3, -0.25) is 9.79 Å². The lowest BCUT2D eigenvalue weighted by atomic mass is 10.1. The first-order valence-electron chi connectivity index (χ1n) is 10.4. The highest BCUT2D eigenvalue weighted by atomic mass is 127. The Morgan fingerprint density at radius 2 is 2.03 bits per heavy atom. The van der Waals surface area contributed by atoms with Gasteiger partial charge in [0.15, 0.2) is 5.96 Å². The summed E-state index contributed by atoms with van der Waals surface area (Å²) in [7, 11) is 1.72. The first-order chi connectivity index (χ1) is 14.0. The van der Waals surface area contributed by atoms with Gasteiger partial charge in [-0.15, -0.1) is 24.0 Å². The van der Waals surface area contributed by atoms with E-state index >= 15 is 0 Å². The van der Waals surface area contributed by atoms with E-state index in [-0.39, 0.29) is 36.0 Å². The quantitative estimate of drug-likeness (QED) is 0.156. The van der Waals surface area contributed by atoms with Gasteiger partial charge in [0.25, 0.3) is 0 Å². The van der Waals surface area contributed by atoms with Crippen molar-refractivity contribution < 1.29 is 18.3 Å². The second-order valence-electron chi connectivity index (χ2n) is 7.14. The summed E-state index contributed by atoms with van der Waals surface area (Å²) in [6.07, 6.45) is 5.20. The van der Waals surface area contributed by atoms with Crippen molar-refractivity contribution >= 4 is 41.6 Å². The SMILES string of the molecule is CCOC(=O)CCCCCCNC(=NC)NC1CCN(c2ccc(F)cc2F)C1.I. The molecule has 9 heteroatoms. The van der Waals surface area contributed by atoms with Crippen LogP contribution in [0.2, 0.25) is 0 Å². The molecule has 1 aliphatic heterocycles. The summed E-state index contributed by atoms with van der Waals surface area (Å²) < 4.78 is 32.0. The van der Waals surface area contributed by atoms with Crippen LogP contribution in [0.1, 0.15) is 45.4 Å². The van der Waals surface area contributed by atoms with E-state index in [0.717, 1.165) is 50.7 Å². The summed E-state index contributed by atoms with van der Waals surface area (Å²) in [5, 5.41) is 6.66. The lowest BCUT2D eigenvalue weighted by Gasteiger charge is -2.21. The fourth-order valence-corrected chi connectivity index (χ4v) is 3.41. The minimum atomic E-state index is -0.564. The molecule has 0 aliphatic carbocycles. The Bertz CT molecular complexity index is 691. The number of aliphatic imine (C=N–C) groups is 1. The number of carbonyl (C=O) groups is 1. The molecule has 6 nitrogen and oxygen atoms in total. The molecule has 2 N–H and O–H groups in total. The summed E-state index contributed by atoms with van der Waals surface area (Å²) in [5.74, 6) is -0.494.